The number of hydrogen-bond donors (Lipinski definition) is 4. The molecule has 35 heavy (non-hydrogen) atoms. The highest BCUT2D eigenvalue weighted by molar-refractivity contribution is 6.38. The smallest absolute Gasteiger partial charge is 0.480 e. The van der Waals surface area contributed by atoms with Crippen molar-refractivity contribution < 1.29 is 33.0 Å². The summed E-state index contributed by atoms with van der Waals surface area (Å²) in [5, 5.41) is 25.6. The quantitative estimate of drug-likeness (QED) is 0.220. The van der Waals surface area contributed by atoms with E-state index in [0.29, 0.717) is 12.2 Å². The summed E-state index contributed by atoms with van der Waals surface area (Å²) in [7, 11) is 0. The van der Waals surface area contributed by atoms with Crippen LogP contribution >= 0.6 is 11.8 Å². The number of halogens is 4. The topological polar surface area (TPSA) is 144 Å². The zero-order valence-electron chi connectivity index (χ0n) is 18.3. The number of nitrogens with zero attached hydrogens (tertiary/aromatic N) is 3. The Balaban J connectivity index is 0.000000540. The van der Waals surface area contributed by atoms with Crippen LogP contribution in [0.25, 0.3) is 10.8 Å². The lowest BCUT2D eigenvalue weighted by atomic mass is 10.1. The van der Waals surface area contributed by atoms with Crippen LogP contribution in [-0.2, 0) is 16.1 Å². The van der Waals surface area contributed by atoms with Crippen molar-refractivity contribution in [2.24, 2.45) is 5.73 Å². The van der Waals surface area contributed by atoms with Crippen molar-refractivity contribution in [2.75, 3.05) is 15.9 Å². The average molecular weight is 512 g/mol. The van der Waals surface area contributed by atoms with Gasteiger partial charge in [0.15, 0.2) is 0 Å². The van der Waals surface area contributed by atoms with Crippen LogP contribution in [0.15, 0.2) is 54.9 Å². The molecule has 0 unspecified atom stereocenters. The number of aryl methyl sites for hydroxylation is 1. The number of carbonyl (C=O) groups is 2. The van der Waals surface area contributed by atoms with E-state index < -0.39 is 18.1 Å². The van der Waals surface area contributed by atoms with Crippen LogP contribution in [0, 0.1) is 12.3 Å². The molecule has 0 spiro atoms. The molecular weight excluding hydrogens is 491 g/mol. The van der Waals surface area contributed by atoms with Crippen LogP contribution in [0.2, 0.25) is 0 Å². The minimum Gasteiger partial charge on any atom is -0.480 e. The molecule has 186 valence electrons. The minimum absolute atomic E-state index is 0.110. The van der Waals surface area contributed by atoms with Gasteiger partial charge in [0.2, 0.25) is 5.96 Å². The summed E-state index contributed by atoms with van der Waals surface area (Å²) >= 11 is 6.07. The SMILES string of the molecule is Cc1ccccc1N(CC(=O)O)Cc1ccc2c(N(Cl)C(=N)N)cncc2c1.O=C(O)C(F)(F)F. The number of rotatable bonds is 6. The highest BCUT2D eigenvalue weighted by atomic mass is 35.5. The molecule has 0 aliphatic rings. The number of aromatic nitrogens is 1. The zero-order valence-corrected chi connectivity index (χ0v) is 19.0. The molecule has 0 aliphatic carbocycles. The van der Waals surface area contributed by atoms with E-state index in [2.05, 4.69) is 4.98 Å². The first-order valence-corrected chi connectivity index (χ1v) is 10.1. The molecule has 0 fully saturated rings. The van der Waals surface area contributed by atoms with Crippen molar-refractivity contribution in [1.82, 2.24) is 4.98 Å². The molecular formula is C22H21ClF3N5O4. The van der Waals surface area contributed by atoms with Crippen molar-refractivity contribution in [3.63, 3.8) is 0 Å². The first-order valence-electron chi connectivity index (χ1n) is 9.80. The van der Waals surface area contributed by atoms with Gasteiger partial charge in [0, 0.05) is 41.0 Å². The van der Waals surface area contributed by atoms with Crippen LogP contribution < -0.4 is 15.1 Å². The number of carboxylic acids is 2. The van der Waals surface area contributed by atoms with Crippen molar-refractivity contribution in [1.29, 1.82) is 5.41 Å². The van der Waals surface area contributed by atoms with Crippen molar-refractivity contribution in [2.45, 2.75) is 19.6 Å². The summed E-state index contributed by atoms with van der Waals surface area (Å²) in [6.45, 7) is 2.27. The third-order valence-electron chi connectivity index (χ3n) is 4.62. The van der Waals surface area contributed by atoms with Gasteiger partial charge < -0.3 is 20.8 Å². The molecule has 1 aromatic heterocycles. The predicted octanol–water partition coefficient (Wildman–Crippen LogP) is 4.12. The maximum absolute atomic E-state index is 11.4. The first kappa shape index (κ1) is 27.2. The molecule has 0 bridgehead atoms. The molecule has 3 aromatic rings. The number of aliphatic carboxylic acids is 2. The Morgan fingerprint density at radius 2 is 1.74 bits per heavy atom. The van der Waals surface area contributed by atoms with Crippen LogP contribution in [0.1, 0.15) is 11.1 Å². The van der Waals surface area contributed by atoms with E-state index in [0.717, 1.165) is 32.0 Å². The number of pyridine rings is 1. The molecule has 3 rings (SSSR count). The average Bonchev–Trinajstić information content (AvgIpc) is 2.77. The highest BCUT2D eigenvalue weighted by Gasteiger charge is 2.38. The van der Waals surface area contributed by atoms with Crippen LogP contribution in [0.4, 0.5) is 24.5 Å². The molecule has 0 saturated heterocycles. The van der Waals surface area contributed by atoms with Crippen LogP contribution in [0.5, 0.6) is 0 Å². The van der Waals surface area contributed by atoms with E-state index in [1.165, 1.54) is 0 Å². The lowest BCUT2D eigenvalue weighted by molar-refractivity contribution is -0.192. The third-order valence-corrected chi connectivity index (χ3v) is 4.99. The second-order valence-electron chi connectivity index (χ2n) is 7.22. The normalized spacial score (nSPS) is 10.8. The van der Waals surface area contributed by atoms with E-state index >= 15 is 0 Å². The Kier molecular flexibility index (Phi) is 8.84. The summed E-state index contributed by atoms with van der Waals surface area (Å²) in [5.41, 5.74) is 8.79. The largest absolute Gasteiger partial charge is 0.490 e. The van der Waals surface area contributed by atoms with Crippen molar-refractivity contribution >= 4 is 51.8 Å². The fourth-order valence-corrected chi connectivity index (χ4v) is 3.26. The number of anilines is 2. The van der Waals surface area contributed by atoms with Gasteiger partial charge >= 0.3 is 18.1 Å². The highest BCUT2D eigenvalue weighted by Crippen LogP contribution is 2.29. The van der Waals surface area contributed by atoms with Gasteiger partial charge in [0.25, 0.3) is 0 Å². The Bertz CT molecular complexity index is 1240. The number of benzene rings is 2. The molecule has 0 aliphatic heterocycles. The van der Waals surface area contributed by atoms with E-state index in [9.17, 15) is 23.1 Å². The van der Waals surface area contributed by atoms with Gasteiger partial charge in [-0.1, -0.05) is 30.3 Å². The maximum Gasteiger partial charge on any atom is 0.490 e. The summed E-state index contributed by atoms with van der Waals surface area (Å²) in [6.07, 6.45) is -1.84. The Labute approximate surface area is 202 Å². The number of alkyl halides is 3. The number of hydrogen-bond acceptors (Lipinski definition) is 5. The molecule has 0 radical (unpaired) electrons. The van der Waals surface area contributed by atoms with E-state index in [1.807, 2.05) is 54.3 Å². The monoisotopic (exact) mass is 511 g/mol. The standard InChI is InChI=1S/C20H20ClN5O2.C2HF3O2/c1-13-4-2-3-5-17(13)25(12-19(27)28)11-14-6-7-16-15(8-14)9-24-10-18(16)26(21)20(22)23;3-2(4,5)1(6)7/h2-10H,11-12H2,1H3,(H3,22,23)(H,27,28);(H,6,7). The van der Waals surface area contributed by atoms with Crippen molar-refractivity contribution in [3.8, 4) is 0 Å². The van der Waals surface area contributed by atoms with Gasteiger partial charge in [-0.2, -0.15) is 13.2 Å². The van der Waals surface area contributed by atoms with Crippen molar-refractivity contribution in [3.05, 3.63) is 66.0 Å². The number of para-hydroxylation sites is 1. The van der Waals surface area contributed by atoms with Gasteiger partial charge in [-0.25, -0.2) is 9.21 Å². The second kappa shape index (κ2) is 11.4. The van der Waals surface area contributed by atoms with E-state index in [4.69, 9.17) is 32.8 Å². The Hall–Kier alpha value is -4.06. The van der Waals surface area contributed by atoms with Gasteiger partial charge in [-0.05, 0) is 30.2 Å². The number of carboxylic acid groups (broad SMARTS) is 2. The first-order chi connectivity index (χ1) is 16.3. The summed E-state index contributed by atoms with van der Waals surface area (Å²) in [4.78, 5) is 26.3. The molecule has 5 N–H and O–H groups in total. The lowest BCUT2D eigenvalue weighted by Gasteiger charge is -2.25. The van der Waals surface area contributed by atoms with Crippen LogP contribution in [-0.4, -0.2) is 45.8 Å². The fourth-order valence-electron chi connectivity index (χ4n) is 3.12. The van der Waals surface area contributed by atoms with Crippen LogP contribution in [0.3, 0.4) is 0 Å². The third kappa shape index (κ3) is 7.47. The lowest BCUT2D eigenvalue weighted by Crippen LogP contribution is -2.29. The molecule has 9 nitrogen and oxygen atoms in total. The maximum atomic E-state index is 11.4. The molecule has 1 heterocycles. The van der Waals surface area contributed by atoms with E-state index in [-0.39, 0.29) is 12.5 Å². The molecule has 2 aromatic carbocycles. The summed E-state index contributed by atoms with van der Waals surface area (Å²) in [5.74, 6) is -3.95. The zero-order chi connectivity index (χ0) is 26.3. The number of nitrogens with two attached hydrogens (primary N) is 1. The van der Waals surface area contributed by atoms with E-state index in [1.54, 1.807) is 12.4 Å². The Morgan fingerprint density at radius 3 is 2.29 bits per heavy atom. The summed E-state index contributed by atoms with van der Waals surface area (Å²) < 4.78 is 32.8. The number of guanidine groups is 1. The van der Waals surface area contributed by atoms with Gasteiger partial charge in [-0.15, -0.1) is 0 Å². The van der Waals surface area contributed by atoms with Gasteiger partial charge in [0.05, 0.1) is 11.9 Å². The molecule has 0 amide bonds. The molecule has 0 saturated carbocycles. The Morgan fingerprint density at radius 1 is 1.11 bits per heavy atom. The molecule has 13 heteroatoms. The van der Waals surface area contributed by atoms with Gasteiger partial charge in [0.1, 0.15) is 6.54 Å². The number of nitrogens with one attached hydrogen (secondary N) is 1. The minimum atomic E-state index is -5.08. The second-order valence-corrected chi connectivity index (χ2v) is 7.56. The predicted molar refractivity (Wildman–Crippen MR) is 126 cm³/mol. The van der Waals surface area contributed by atoms with Gasteiger partial charge in [-0.3, -0.25) is 15.2 Å². The number of fused-ring (bicyclic) bond motifs is 1. The summed E-state index contributed by atoms with van der Waals surface area (Å²) in [6, 6.07) is 13.4. The molecule has 0 atom stereocenters. The fraction of sp³-hybridized carbons (Fsp3) is 0.182.